The molecule has 0 spiro atoms. The third-order valence-corrected chi connectivity index (χ3v) is 15.6. The Bertz CT molecular complexity index is 1350. The monoisotopic (exact) mass is 1090 g/mol. The van der Waals surface area contributed by atoms with E-state index in [4.69, 9.17) is 14.2 Å². The van der Waals surface area contributed by atoms with Crippen LogP contribution in [0.1, 0.15) is 374 Å². The lowest BCUT2D eigenvalue weighted by Crippen LogP contribution is -2.30. The number of carbonyl (C=O) groups excluding carboxylic acids is 3. The summed E-state index contributed by atoms with van der Waals surface area (Å²) in [4.78, 5) is 38.4. The van der Waals surface area contributed by atoms with Crippen LogP contribution in [0.4, 0.5) is 0 Å². The summed E-state index contributed by atoms with van der Waals surface area (Å²) >= 11 is 0. The Morgan fingerprint density at radius 3 is 0.795 bits per heavy atom. The summed E-state index contributed by atoms with van der Waals surface area (Å²) in [7, 11) is 0. The summed E-state index contributed by atoms with van der Waals surface area (Å²) in [6.07, 6.45) is 84.3. The maximum atomic E-state index is 12.9. The predicted molar refractivity (Wildman–Crippen MR) is 339 cm³/mol. The van der Waals surface area contributed by atoms with Crippen molar-refractivity contribution in [2.24, 2.45) is 0 Å². The molecule has 0 radical (unpaired) electrons. The van der Waals surface area contributed by atoms with Crippen molar-refractivity contribution in [3.8, 4) is 0 Å². The van der Waals surface area contributed by atoms with Crippen LogP contribution in [0.5, 0.6) is 0 Å². The van der Waals surface area contributed by atoms with Gasteiger partial charge in [-0.2, -0.15) is 0 Å². The molecule has 1 atom stereocenters. The first-order chi connectivity index (χ1) is 38.5. The van der Waals surface area contributed by atoms with E-state index in [9.17, 15) is 14.4 Å². The SMILES string of the molecule is CC/C=C\C/C=C\C/C=C\CCCCCCCCCC(=O)OC(COC(=O)CCCCCCC/C=C\CCCCCCC)COC(=O)CCCCCCCCCCCCCCCCCCCCCCCCCCCCCCC. The number of hydrogen-bond acceptors (Lipinski definition) is 6. The fourth-order valence-electron chi connectivity index (χ4n) is 10.4. The molecule has 0 fully saturated rings. The Hall–Kier alpha value is -2.63. The highest BCUT2D eigenvalue weighted by Gasteiger charge is 2.19. The van der Waals surface area contributed by atoms with Gasteiger partial charge in [0.1, 0.15) is 13.2 Å². The Kier molecular flexibility index (Phi) is 64.6. The zero-order valence-corrected chi connectivity index (χ0v) is 52.5. The number of carbonyl (C=O) groups is 3. The van der Waals surface area contributed by atoms with E-state index in [0.29, 0.717) is 19.3 Å². The summed E-state index contributed by atoms with van der Waals surface area (Å²) < 4.78 is 17.0. The van der Waals surface area contributed by atoms with E-state index in [1.807, 2.05) is 0 Å². The molecule has 0 N–H and O–H groups in total. The fourth-order valence-corrected chi connectivity index (χ4v) is 10.4. The van der Waals surface area contributed by atoms with Gasteiger partial charge in [-0.1, -0.05) is 326 Å². The van der Waals surface area contributed by atoms with Gasteiger partial charge in [0.25, 0.3) is 0 Å². The van der Waals surface area contributed by atoms with Gasteiger partial charge in [-0.25, -0.2) is 0 Å². The molecule has 0 heterocycles. The van der Waals surface area contributed by atoms with Crippen LogP contribution in [0.3, 0.4) is 0 Å². The second-order valence-electron chi connectivity index (χ2n) is 23.4. The quantitative estimate of drug-likeness (QED) is 0.0261. The molecule has 1 unspecified atom stereocenters. The Labute approximate surface area is 486 Å². The van der Waals surface area contributed by atoms with Crippen LogP contribution in [-0.2, 0) is 28.6 Å². The average molecular weight is 1090 g/mol. The van der Waals surface area contributed by atoms with Crippen molar-refractivity contribution in [2.45, 2.75) is 380 Å². The lowest BCUT2D eigenvalue weighted by atomic mass is 10.0. The largest absolute Gasteiger partial charge is 0.462 e. The molecule has 0 saturated heterocycles. The normalized spacial score (nSPS) is 12.3. The van der Waals surface area contributed by atoms with Gasteiger partial charge in [0.2, 0.25) is 0 Å². The summed E-state index contributed by atoms with van der Waals surface area (Å²) in [6, 6.07) is 0. The number of ether oxygens (including phenoxy) is 3. The van der Waals surface area contributed by atoms with E-state index in [-0.39, 0.29) is 31.1 Å². The van der Waals surface area contributed by atoms with E-state index >= 15 is 0 Å². The van der Waals surface area contributed by atoms with Crippen LogP contribution in [0.25, 0.3) is 0 Å². The second-order valence-corrected chi connectivity index (χ2v) is 23.4. The first-order valence-electron chi connectivity index (χ1n) is 34.6. The third kappa shape index (κ3) is 64.2. The van der Waals surface area contributed by atoms with Crippen LogP contribution in [0.15, 0.2) is 48.6 Å². The molecule has 0 bridgehead atoms. The number of allylic oxidation sites excluding steroid dienone is 8. The molecule has 0 aliphatic rings. The van der Waals surface area contributed by atoms with E-state index in [2.05, 4.69) is 69.4 Å². The van der Waals surface area contributed by atoms with Gasteiger partial charge in [-0.05, 0) is 77.0 Å². The molecule has 0 aliphatic carbocycles. The van der Waals surface area contributed by atoms with E-state index in [1.54, 1.807) is 0 Å². The lowest BCUT2D eigenvalue weighted by Gasteiger charge is -2.18. The molecule has 0 aromatic carbocycles. The summed E-state index contributed by atoms with van der Waals surface area (Å²) in [5.41, 5.74) is 0. The van der Waals surface area contributed by atoms with Crippen LogP contribution in [-0.4, -0.2) is 37.2 Å². The third-order valence-electron chi connectivity index (χ3n) is 15.6. The molecule has 78 heavy (non-hydrogen) atoms. The van der Waals surface area contributed by atoms with E-state index in [1.165, 1.54) is 244 Å². The molecule has 0 saturated carbocycles. The van der Waals surface area contributed by atoms with Crippen molar-refractivity contribution in [1.29, 1.82) is 0 Å². The average Bonchev–Trinajstić information content (AvgIpc) is 3.44. The predicted octanol–water partition coefficient (Wildman–Crippen LogP) is 23.7. The number of rotatable bonds is 64. The smallest absolute Gasteiger partial charge is 0.306 e. The van der Waals surface area contributed by atoms with Crippen molar-refractivity contribution in [1.82, 2.24) is 0 Å². The molecule has 0 rings (SSSR count). The van der Waals surface area contributed by atoms with Crippen molar-refractivity contribution < 1.29 is 28.6 Å². The number of hydrogen-bond donors (Lipinski definition) is 0. The van der Waals surface area contributed by atoms with Gasteiger partial charge in [-0.15, -0.1) is 0 Å². The molecule has 6 heteroatoms. The Morgan fingerprint density at radius 1 is 0.269 bits per heavy atom. The zero-order chi connectivity index (χ0) is 56.4. The first-order valence-corrected chi connectivity index (χ1v) is 34.6. The van der Waals surface area contributed by atoms with Gasteiger partial charge < -0.3 is 14.2 Å². The van der Waals surface area contributed by atoms with Crippen molar-refractivity contribution in [3.63, 3.8) is 0 Å². The lowest BCUT2D eigenvalue weighted by molar-refractivity contribution is -0.167. The minimum atomic E-state index is -0.781. The standard InChI is InChI=1S/C72H132O6/c1-4-7-10-13-16-19-22-25-28-30-31-32-33-34-35-36-37-38-39-40-41-43-44-47-50-53-56-59-62-65-71(74)77-68-69(67-76-70(73)64-61-58-55-52-49-46-27-24-21-18-15-12-9-6-3)78-72(75)66-63-60-57-54-51-48-45-42-29-26-23-20-17-14-11-8-5-2/h8,11,17,20,24,26-27,29,69H,4-7,9-10,12-16,18-19,21-23,25,28,30-68H2,1-3H3/b11-8-,20-17-,27-24-,29-26-. The summed E-state index contributed by atoms with van der Waals surface area (Å²) in [5.74, 6) is -0.872. The molecular weight excluding hydrogens is 961 g/mol. The molecule has 6 nitrogen and oxygen atoms in total. The van der Waals surface area contributed by atoms with E-state index < -0.39 is 6.10 Å². The maximum Gasteiger partial charge on any atom is 0.306 e. The van der Waals surface area contributed by atoms with Gasteiger partial charge in [0, 0.05) is 19.3 Å². The van der Waals surface area contributed by atoms with Crippen LogP contribution >= 0.6 is 0 Å². The highest BCUT2D eigenvalue weighted by atomic mass is 16.6. The van der Waals surface area contributed by atoms with Gasteiger partial charge in [0.15, 0.2) is 6.10 Å². The van der Waals surface area contributed by atoms with Crippen LogP contribution in [0.2, 0.25) is 0 Å². The highest BCUT2D eigenvalue weighted by molar-refractivity contribution is 5.71. The minimum Gasteiger partial charge on any atom is -0.462 e. The van der Waals surface area contributed by atoms with Crippen molar-refractivity contribution in [3.05, 3.63) is 48.6 Å². The molecule has 0 aromatic rings. The molecular formula is C72H132O6. The number of esters is 3. The van der Waals surface area contributed by atoms with Crippen LogP contribution in [0, 0.1) is 0 Å². The zero-order valence-electron chi connectivity index (χ0n) is 52.5. The van der Waals surface area contributed by atoms with Crippen molar-refractivity contribution >= 4 is 17.9 Å². The minimum absolute atomic E-state index is 0.0761. The second kappa shape index (κ2) is 66.9. The maximum absolute atomic E-state index is 12.9. The Balaban J connectivity index is 4.19. The number of unbranched alkanes of at least 4 members (excludes halogenated alkanes) is 45. The van der Waals surface area contributed by atoms with Gasteiger partial charge in [0.05, 0.1) is 0 Å². The van der Waals surface area contributed by atoms with Crippen LogP contribution < -0.4 is 0 Å². The van der Waals surface area contributed by atoms with Crippen molar-refractivity contribution in [2.75, 3.05) is 13.2 Å². The molecule has 0 amide bonds. The first kappa shape index (κ1) is 75.4. The Morgan fingerprint density at radius 2 is 0.500 bits per heavy atom. The topological polar surface area (TPSA) is 78.9 Å². The van der Waals surface area contributed by atoms with Gasteiger partial charge >= 0.3 is 17.9 Å². The molecule has 0 aromatic heterocycles. The summed E-state index contributed by atoms with van der Waals surface area (Å²) in [6.45, 7) is 6.57. The molecule has 0 aliphatic heterocycles. The molecule has 456 valence electrons. The fraction of sp³-hybridized carbons (Fsp3) is 0.847. The van der Waals surface area contributed by atoms with Gasteiger partial charge in [-0.3, -0.25) is 14.4 Å². The van der Waals surface area contributed by atoms with E-state index in [0.717, 1.165) is 89.9 Å². The summed E-state index contributed by atoms with van der Waals surface area (Å²) in [5, 5.41) is 0. The highest BCUT2D eigenvalue weighted by Crippen LogP contribution is 2.18.